The third kappa shape index (κ3) is 4.49. The molecule has 1 saturated heterocycles. The predicted octanol–water partition coefficient (Wildman–Crippen LogP) is 3.56. The van der Waals surface area contributed by atoms with Gasteiger partial charge in [0.05, 0.1) is 37.4 Å². The van der Waals surface area contributed by atoms with Crippen molar-refractivity contribution in [1.82, 2.24) is 9.88 Å². The number of carbonyl (C=O) groups is 1. The van der Waals surface area contributed by atoms with Crippen molar-refractivity contribution in [2.24, 2.45) is 0 Å². The summed E-state index contributed by atoms with van der Waals surface area (Å²) < 4.78 is 2.19. The van der Waals surface area contributed by atoms with E-state index in [0.717, 1.165) is 41.3 Å². The fourth-order valence-corrected chi connectivity index (χ4v) is 4.43. The van der Waals surface area contributed by atoms with Crippen molar-refractivity contribution in [2.75, 3.05) is 26.2 Å². The van der Waals surface area contributed by atoms with Gasteiger partial charge in [0.2, 0.25) is 0 Å². The first-order valence-corrected chi connectivity index (χ1v) is 11.1. The van der Waals surface area contributed by atoms with Gasteiger partial charge in [0.25, 0.3) is 5.91 Å². The van der Waals surface area contributed by atoms with E-state index in [1.54, 1.807) is 4.90 Å². The Morgan fingerprint density at radius 1 is 0.967 bits per heavy atom. The molecular formula is C26H32N3O+. The molecule has 4 rings (SSSR count). The van der Waals surface area contributed by atoms with Crippen molar-refractivity contribution in [3.05, 3.63) is 77.5 Å². The number of amides is 1. The van der Waals surface area contributed by atoms with Crippen LogP contribution < -0.4 is 10.2 Å². The molecule has 2 heterocycles. The highest BCUT2D eigenvalue weighted by Gasteiger charge is 2.20. The van der Waals surface area contributed by atoms with Gasteiger partial charge in [0.1, 0.15) is 0 Å². The van der Waals surface area contributed by atoms with E-state index >= 15 is 0 Å². The average Bonchev–Trinajstić information content (AvgIpc) is 3.13. The van der Waals surface area contributed by atoms with Crippen molar-refractivity contribution in [3.63, 3.8) is 0 Å². The molecule has 0 unspecified atom stereocenters. The van der Waals surface area contributed by atoms with E-state index in [-0.39, 0.29) is 5.91 Å². The van der Waals surface area contributed by atoms with Gasteiger partial charge >= 0.3 is 0 Å². The summed E-state index contributed by atoms with van der Waals surface area (Å²) in [5.41, 5.74) is 6.18. The number of nitrogens with one attached hydrogen (secondary N) is 2. The van der Waals surface area contributed by atoms with Gasteiger partial charge in [-0.15, -0.1) is 0 Å². The molecule has 0 spiro atoms. The summed E-state index contributed by atoms with van der Waals surface area (Å²) in [6.07, 6.45) is 3.97. The molecule has 1 aliphatic rings. The summed E-state index contributed by atoms with van der Waals surface area (Å²) in [5, 5.41) is 3.17. The zero-order chi connectivity index (χ0) is 20.9. The molecule has 0 atom stereocenters. The first kappa shape index (κ1) is 20.4. The molecule has 156 valence electrons. The van der Waals surface area contributed by atoms with Crippen molar-refractivity contribution in [2.45, 2.75) is 33.1 Å². The highest BCUT2D eigenvalue weighted by atomic mass is 16.1. The van der Waals surface area contributed by atoms with Crippen LogP contribution in [0.5, 0.6) is 0 Å². The summed E-state index contributed by atoms with van der Waals surface area (Å²) in [6.45, 7) is 8.33. The van der Waals surface area contributed by atoms with Crippen LogP contribution in [0.3, 0.4) is 0 Å². The number of benzene rings is 2. The van der Waals surface area contributed by atoms with E-state index in [9.17, 15) is 4.79 Å². The van der Waals surface area contributed by atoms with Crippen LogP contribution in [0.4, 0.5) is 0 Å². The van der Waals surface area contributed by atoms with Crippen LogP contribution in [0.15, 0.2) is 60.7 Å². The Morgan fingerprint density at radius 3 is 2.37 bits per heavy atom. The first-order chi connectivity index (χ1) is 14.6. The molecule has 30 heavy (non-hydrogen) atoms. The highest BCUT2D eigenvalue weighted by molar-refractivity contribution is 5.97. The lowest BCUT2D eigenvalue weighted by atomic mass is 10.1. The molecule has 1 aliphatic heterocycles. The molecule has 0 bridgehead atoms. The van der Waals surface area contributed by atoms with Gasteiger partial charge in [-0.3, -0.25) is 4.79 Å². The van der Waals surface area contributed by atoms with Gasteiger partial charge in [-0.05, 0) is 56.9 Å². The maximum absolute atomic E-state index is 13.1. The van der Waals surface area contributed by atoms with Crippen LogP contribution in [0.2, 0.25) is 0 Å². The van der Waals surface area contributed by atoms with Gasteiger partial charge in [-0.1, -0.05) is 48.0 Å². The smallest absolute Gasteiger partial charge is 0.253 e. The number of rotatable bonds is 6. The Kier molecular flexibility index (Phi) is 6.34. The van der Waals surface area contributed by atoms with Gasteiger partial charge in [-0.2, -0.15) is 0 Å². The Bertz CT molecular complexity index is 983. The molecule has 0 saturated carbocycles. The fraction of sp³-hybridized carbons (Fsp3) is 0.346. The van der Waals surface area contributed by atoms with E-state index in [1.807, 2.05) is 31.2 Å². The Labute approximate surface area is 179 Å². The zero-order valence-electron chi connectivity index (χ0n) is 18.1. The molecule has 0 aliphatic carbocycles. The monoisotopic (exact) mass is 402 g/mol. The Balaban J connectivity index is 1.60. The molecule has 1 fully saturated rings. The molecule has 4 heteroatoms. The van der Waals surface area contributed by atoms with Crippen molar-refractivity contribution in [3.8, 4) is 16.9 Å². The minimum absolute atomic E-state index is 0.0203. The molecule has 1 amide bonds. The Morgan fingerprint density at radius 2 is 1.67 bits per heavy atom. The van der Waals surface area contributed by atoms with Crippen molar-refractivity contribution < 1.29 is 9.69 Å². The molecular weight excluding hydrogens is 370 g/mol. The quantitative estimate of drug-likeness (QED) is 0.650. The largest absolute Gasteiger partial charge is 0.346 e. The third-order valence-electron chi connectivity index (χ3n) is 6.18. The van der Waals surface area contributed by atoms with Crippen molar-refractivity contribution >= 4 is 5.91 Å². The maximum atomic E-state index is 13.1. The van der Waals surface area contributed by atoms with E-state index in [1.165, 1.54) is 37.9 Å². The van der Waals surface area contributed by atoms with Crippen LogP contribution in [0.1, 0.15) is 40.9 Å². The van der Waals surface area contributed by atoms with Crippen LogP contribution in [0.25, 0.3) is 16.9 Å². The number of hydrogen-bond donors (Lipinski definition) is 2. The standard InChI is InChI=1S/C26H31N3O/c1-20-11-13-23(14-12-20)29-21(2)24(19-25(29)22-9-5-3-6-10-22)26(30)27-15-18-28-16-7-4-8-17-28/h3,5-6,9-14,19H,4,7-8,15-18H2,1-2H3,(H,27,30)/p+1. The van der Waals surface area contributed by atoms with E-state index in [0.29, 0.717) is 0 Å². The molecule has 2 N–H and O–H groups in total. The van der Waals surface area contributed by atoms with Gasteiger partial charge in [0.15, 0.2) is 0 Å². The number of aryl methyl sites for hydroxylation is 1. The number of quaternary nitrogens is 1. The van der Waals surface area contributed by atoms with Gasteiger partial charge in [0, 0.05) is 11.4 Å². The minimum Gasteiger partial charge on any atom is -0.346 e. The first-order valence-electron chi connectivity index (χ1n) is 11.1. The number of likely N-dealkylation sites (tertiary alicyclic amines) is 1. The average molecular weight is 403 g/mol. The highest BCUT2D eigenvalue weighted by Crippen LogP contribution is 2.29. The lowest BCUT2D eigenvalue weighted by molar-refractivity contribution is -0.903. The lowest BCUT2D eigenvalue weighted by Gasteiger charge is -2.23. The molecule has 4 nitrogen and oxygen atoms in total. The molecule has 2 aromatic carbocycles. The normalized spacial score (nSPS) is 14.6. The van der Waals surface area contributed by atoms with Crippen molar-refractivity contribution in [1.29, 1.82) is 0 Å². The number of carbonyl (C=O) groups excluding carboxylic acids is 1. The zero-order valence-corrected chi connectivity index (χ0v) is 18.1. The van der Waals surface area contributed by atoms with Crippen LogP contribution >= 0.6 is 0 Å². The third-order valence-corrected chi connectivity index (χ3v) is 6.18. The predicted molar refractivity (Wildman–Crippen MR) is 122 cm³/mol. The van der Waals surface area contributed by atoms with E-state index in [4.69, 9.17) is 0 Å². The summed E-state index contributed by atoms with van der Waals surface area (Å²) >= 11 is 0. The summed E-state index contributed by atoms with van der Waals surface area (Å²) in [7, 11) is 0. The molecule has 1 aromatic heterocycles. The molecule has 3 aromatic rings. The number of hydrogen-bond acceptors (Lipinski definition) is 1. The maximum Gasteiger partial charge on any atom is 0.253 e. The van der Waals surface area contributed by atoms with Crippen LogP contribution in [-0.2, 0) is 0 Å². The summed E-state index contributed by atoms with van der Waals surface area (Å²) in [6, 6.07) is 20.8. The number of nitrogens with zero attached hydrogens (tertiary/aromatic N) is 1. The van der Waals surface area contributed by atoms with Gasteiger partial charge in [-0.25, -0.2) is 0 Å². The SMILES string of the molecule is Cc1ccc(-n2c(-c3ccccc3)cc(C(=O)NCC[NH+]3CCCCC3)c2C)cc1. The van der Waals surface area contributed by atoms with Crippen LogP contribution in [-0.4, -0.2) is 36.7 Å². The summed E-state index contributed by atoms with van der Waals surface area (Å²) in [4.78, 5) is 14.7. The number of aromatic nitrogens is 1. The van der Waals surface area contributed by atoms with Gasteiger partial charge < -0.3 is 14.8 Å². The van der Waals surface area contributed by atoms with E-state index < -0.39 is 0 Å². The second-order valence-corrected chi connectivity index (χ2v) is 8.38. The second-order valence-electron chi connectivity index (χ2n) is 8.38. The minimum atomic E-state index is 0.0203. The van der Waals surface area contributed by atoms with Crippen LogP contribution in [0, 0.1) is 13.8 Å². The lowest BCUT2D eigenvalue weighted by Crippen LogP contribution is -3.13. The number of piperidine rings is 1. The fourth-order valence-electron chi connectivity index (χ4n) is 4.43. The molecule has 0 radical (unpaired) electrons. The summed E-state index contributed by atoms with van der Waals surface area (Å²) in [5.74, 6) is 0.0203. The van der Waals surface area contributed by atoms with E-state index in [2.05, 4.69) is 53.2 Å². The second kappa shape index (κ2) is 9.31. The topological polar surface area (TPSA) is 38.5 Å². The Hall–Kier alpha value is -2.85.